The number of pyridine rings is 1. The van der Waals surface area contributed by atoms with Gasteiger partial charge in [-0.2, -0.15) is 4.57 Å². The minimum Gasteiger partial charge on any atom is -0.321 e. The lowest BCUT2D eigenvalue weighted by molar-refractivity contribution is -0.598. The number of benzene rings is 2. The van der Waals surface area contributed by atoms with Crippen LogP contribution in [0.5, 0.6) is 0 Å². The summed E-state index contributed by atoms with van der Waals surface area (Å²) in [4.78, 5) is 22.2. The van der Waals surface area contributed by atoms with E-state index in [4.69, 9.17) is 0 Å². The molecule has 0 fully saturated rings. The normalized spacial score (nSPS) is 11.3. The quantitative estimate of drug-likeness (QED) is 0.351. The number of nitrogens with one attached hydrogen (secondary N) is 2. The highest BCUT2D eigenvalue weighted by molar-refractivity contribution is 7.92. The fourth-order valence-corrected chi connectivity index (χ4v) is 4.92. The van der Waals surface area contributed by atoms with Gasteiger partial charge in [-0.3, -0.25) is 9.52 Å². The van der Waals surface area contributed by atoms with Gasteiger partial charge >= 0.3 is 5.82 Å². The minimum atomic E-state index is -3.88. The van der Waals surface area contributed by atoms with Gasteiger partial charge in [0.25, 0.3) is 15.9 Å². The first kappa shape index (κ1) is 21.7. The number of hydrogen-bond donors (Lipinski definition) is 2. The third-order valence-electron chi connectivity index (χ3n) is 4.91. The van der Waals surface area contributed by atoms with E-state index in [0.717, 1.165) is 0 Å². The Bertz CT molecular complexity index is 1570. The van der Waals surface area contributed by atoms with E-state index in [-0.39, 0.29) is 16.6 Å². The first-order valence-corrected chi connectivity index (χ1v) is 12.6. The lowest BCUT2D eigenvalue weighted by Crippen LogP contribution is -2.33. The SMILES string of the molecule is O=C(Nc1cc[n+](-c2nc3ccccc3nc2NS(=O)(=O)c2ccccc2)cc1)c1cccs1. The summed E-state index contributed by atoms with van der Waals surface area (Å²) in [5.74, 6) is 0.187. The number of anilines is 2. The molecule has 3 heterocycles. The molecule has 1 amide bonds. The van der Waals surface area contributed by atoms with E-state index >= 15 is 0 Å². The second kappa shape index (κ2) is 9.00. The number of aromatic nitrogens is 3. The van der Waals surface area contributed by atoms with E-state index in [9.17, 15) is 13.2 Å². The van der Waals surface area contributed by atoms with E-state index in [1.54, 1.807) is 65.5 Å². The summed E-state index contributed by atoms with van der Waals surface area (Å²) in [6, 6.07) is 22.3. The number of carbonyl (C=O) groups is 1. The predicted octanol–water partition coefficient (Wildman–Crippen LogP) is 4.02. The molecule has 34 heavy (non-hydrogen) atoms. The average molecular weight is 489 g/mol. The number of thiophene rings is 1. The van der Waals surface area contributed by atoms with Crippen molar-refractivity contribution in [3.8, 4) is 5.82 Å². The van der Waals surface area contributed by atoms with Crippen LogP contribution < -0.4 is 14.6 Å². The molecule has 2 N–H and O–H groups in total. The summed E-state index contributed by atoms with van der Waals surface area (Å²) in [5, 5.41) is 4.68. The Hall–Kier alpha value is -4.15. The number of para-hydroxylation sites is 2. The fourth-order valence-electron chi connectivity index (χ4n) is 3.28. The van der Waals surface area contributed by atoms with E-state index in [2.05, 4.69) is 20.0 Å². The molecule has 0 aliphatic carbocycles. The third-order valence-corrected chi connectivity index (χ3v) is 7.14. The van der Waals surface area contributed by atoms with Gasteiger partial charge in [0.05, 0.1) is 22.2 Å². The molecule has 0 aliphatic heterocycles. The number of sulfonamides is 1. The standard InChI is InChI=1S/C24H17N5O3S2/c30-24(21-11-6-16-33-21)25-17-12-14-29(15-13-17)23-22(26-19-9-4-5-10-20(19)27-23)28-34(31,32)18-7-2-1-3-8-18/h1-16H,(H,26,28)/p+1. The molecule has 2 aromatic carbocycles. The highest BCUT2D eigenvalue weighted by Crippen LogP contribution is 2.21. The predicted molar refractivity (Wildman–Crippen MR) is 131 cm³/mol. The van der Waals surface area contributed by atoms with Gasteiger partial charge in [0.15, 0.2) is 0 Å². The number of nitrogens with zero attached hydrogens (tertiary/aromatic N) is 3. The van der Waals surface area contributed by atoms with Crippen molar-refractivity contribution in [3.63, 3.8) is 0 Å². The molecule has 0 aliphatic rings. The Labute approximate surface area is 199 Å². The molecule has 5 rings (SSSR count). The molecule has 0 spiro atoms. The van der Waals surface area contributed by atoms with Gasteiger partial charge in [-0.1, -0.05) is 36.4 Å². The second-order valence-electron chi connectivity index (χ2n) is 7.23. The van der Waals surface area contributed by atoms with Crippen molar-refractivity contribution >= 4 is 49.8 Å². The van der Waals surface area contributed by atoms with Crippen LogP contribution in [0.25, 0.3) is 16.9 Å². The maximum Gasteiger partial charge on any atom is 0.372 e. The Morgan fingerprint density at radius 3 is 2.18 bits per heavy atom. The lowest BCUT2D eigenvalue weighted by Gasteiger charge is -2.09. The molecule has 168 valence electrons. The Kier molecular flexibility index (Phi) is 5.74. The highest BCUT2D eigenvalue weighted by Gasteiger charge is 2.24. The summed E-state index contributed by atoms with van der Waals surface area (Å²) in [5.41, 5.74) is 1.76. The van der Waals surface area contributed by atoms with E-state index < -0.39 is 10.0 Å². The van der Waals surface area contributed by atoms with E-state index in [1.165, 1.54) is 23.5 Å². The van der Waals surface area contributed by atoms with Gasteiger partial charge in [-0.05, 0) is 40.7 Å². The highest BCUT2D eigenvalue weighted by atomic mass is 32.2. The molecule has 0 saturated carbocycles. The van der Waals surface area contributed by atoms with Crippen LogP contribution in [-0.4, -0.2) is 24.3 Å². The van der Waals surface area contributed by atoms with E-state index in [0.29, 0.717) is 27.4 Å². The summed E-state index contributed by atoms with van der Waals surface area (Å²) >= 11 is 1.36. The van der Waals surface area contributed by atoms with Crippen molar-refractivity contribution in [1.82, 2.24) is 9.97 Å². The number of rotatable bonds is 6. The van der Waals surface area contributed by atoms with Gasteiger partial charge in [-0.15, -0.1) is 11.3 Å². The van der Waals surface area contributed by atoms with Crippen LogP contribution in [0.4, 0.5) is 11.5 Å². The molecule has 10 heteroatoms. The Balaban J connectivity index is 1.51. The Morgan fingerprint density at radius 1 is 0.824 bits per heavy atom. The van der Waals surface area contributed by atoms with Crippen LogP contribution in [0.1, 0.15) is 9.67 Å². The van der Waals surface area contributed by atoms with E-state index in [1.807, 2.05) is 23.6 Å². The van der Waals surface area contributed by atoms with Crippen LogP contribution in [-0.2, 0) is 10.0 Å². The fraction of sp³-hybridized carbons (Fsp3) is 0. The van der Waals surface area contributed by atoms with Crippen LogP contribution in [0.3, 0.4) is 0 Å². The molecule has 0 bridgehead atoms. The summed E-state index contributed by atoms with van der Waals surface area (Å²) in [6.45, 7) is 0. The molecule has 0 atom stereocenters. The zero-order valence-corrected chi connectivity index (χ0v) is 19.3. The Morgan fingerprint density at radius 2 is 1.50 bits per heavy atom. The number of carbonyl (C=O) groups excluding carboxylic acids is 1. The average Bonchev–Trinajstić information content (AvgIpc) is 3.40. The first-order valence-electron chi connectivity index (χ1n) is 10.2. The molecule has 0 radical (unpaired) electrons. The summed E-state index contributed by atoms with van der Waals surface area (Å²) in [6.07, 6.45) is 3.37. The maximum absolute atomic E-state index is 13.0. The minimum absolute atomic E-state index is 0.0860. The van der Waals surface area contributed by atoms with Gasteiger partial charge < -0.3 is 5.32 Å². The number of amides is 1. The monoisotopic (exact) mass is 488 g/mol. The molecule has 8 nitrogen and oxygen atoms in total. The smallest absolute Gasteiger partial charge is 0.321 e. The zero-order valence-electron chi connectivity index (χ0n) is 17.6. The van der Waals surface area contributed by atoms with Crippen molar-refractivity contribution in [1.29, 1.82) is 0 Å². The second-order valence-corrected chi connectivity index (χ2v) is 9.86. The van der Waals surface area contributed by atoms with Gasteiger partial charge in [0, 0.05) is 17.8 Å². The molecule has 0 saturated heterocycles. The van der Waals surface area contributed by atoms with Crippen molar-refractivity contribution in [2.45, 2.75) is 4.90 Å². The molecule has 5 aromatic rings. The molecule has 0 unspecified atom stereocenters. The number of hydrogen-bond acceptors (Lipinski definition) is 6. The van der Waals surface area contributed by atoms with Crippen molar-refractivity contribution in [2.24, 2.45) is 0 Å². The zero-order chi connectivity index (χ0) is 23.5. The summed E-state index contributed by atoms with van der Waals surface area (Å²) in [7, 11) is -3.88. The molecule has 3 aromatic heterocycles. The van der Waals surface area contributed by atoms with Gasteiger partial charge in [0.1, 0.15) is 5.52 Å². The van der Waals surface area contributed by atoms with Crippen molar-refractivity contribution in [3.05, 3.63) is 102 Å². The van der Waals surface area contributed by atoms with Gasteiger partial charge in [0.2, 0.25) is 11.3 Å². The molecular formula is C24H18N5O3S2+. The third kappa shape index (κ3) is 4.49. The topological polar surface area (TPSA) is 105 Å². The van der Waals surface area contributed by atoms with Gasteiger partial charge in [-0.25, -0.2) is 13.4 Å². The lowest BCUT2D eigenvalue weighted by atomic mass is 10.3. The number of fused-ring (bicyclic) bond motifs is 1. The maximum atomic E-state index is 13.0. The summed E-state index contributed by atoms with van der Waals surface area (Å²) < 4.78 is 30.2. The largest absolute Gasteiger partial charge is 0.372 e. The van der Waals surface area contributed by atoms with Crippen LogP contribution in [0.15, 0.2) is 102 Å². The van der Waals surface area contributed by atoms with Crippen molar-refractivity contribution < 1.29 is 17.8 Å². The van der Waals surface area contributed by atoms with Crippen LogP contribution in [0.2, 0.25) is 0 Å². The van der Waals surface area contributed by atoms with Crippen LogP contribution in [0, 0.1) is 0 Å². The first-order chi connectivity index (χ1) is 16.5. The van der Waals surface area contributed by atoms with Crippen LogP contribution >= 0.6 is 11.3 Å². The van der Waals surface area contributed by atoms with Crippen molar-refractivity contribution in [2.75, 3.05) is 10.0 Å². The molecular weight excluding hydrogens is 470 g/mol.